The van der Waals surface area contributed by atoms with Crippen LogP contribution in [0.3, 0.4) is 0 Å². The Kier molecular flexibility index (Phi) is 4.21. The highest BCUT2D eigenvalue weighted by molar-refractivity contribution is 7.18. The van der Waals surface area contributed by atoms with Crippen LogP contribution in [0.25, 0.3) is 10.2 Å². The molecule has 0 radical (unpaired) electrons. The molecule has 1 aliphatic rings. The largest absolute Gasteiger partial charge is 0.339 e. The van der Waals surface area contributed by atoms with Crippen molar-refractivity contribution in [2.24, 2.45) is 0 Å². The summed E-state index contributed by atoms with van der Waals surface area (Å²) in [6.07, 6.45) is 3.47. The van der Waals surface area contributed by atoms with Crippen LogP contribution in [0.1, 0.15) is 34.1 Å². The number of para-hydroxylation sites is 1. The first-order valence-corrected chi connectivity index (χ1v) is 9.16. The number of nitrogens with zero attached hydrogens (tertiary/aromatic N) is 3. The molecule has 0 spiro atoms. The molecule has 1 aliphatic heterocycles. The van der Waals surface area contributed by atoms with Crippen LogP contribution in [0.5, 0.6) is 0 Å². The van der Waals surface area contributed by atoms with Gasteiger partial charge in [0, 0.05) is 30.8 Å². The van der Waals surface area contributed by atoms with Gasteiger partial charge >= 0.3 is 0 Å². The van der Waals surface area contributed by atoms with Gasteiger partial charge in [-0.05, 0) is 37.1 Å². The number of hydrogen-bond acceptors (Lipinski definition) is 4. The minimum Gasteiger partial charge on any atom is -0.339 e. The van der Waals surface area contributed by atoms with E-state index in [2.05, 4.69) is 17.1 Å². The van der Waals surface area contributed by atoms with E-state index in [0.29, 0.717) is 16.6 Å². The number of benzene rings is 1. The Labute approximate surface area is 149 Å². The van der Waals surface area contributed by atoms with E-state index in [0.717, 1.165) is 31.4 Å². The SMILES string of the molecule is O=C(c1ccnc(Cl)c1)N1CCC(c2nc3ccccc3s2)CC1. The Morgan fingerprint density at radius 3 is 2.75 bits per heavy atom. The highest BCUT2D eigenvalue weighted by Crippen LogP contribution is 2.34. The van der Waals surface area contributed by atoms with Crippen molar-refractivity contribution >= 4 is 39.1 Å². The Morgan fingerprint density at radius 2 is 2.00 bits per heavy atom. The normalized spacial score (nSPS) is 15.8. The van der Waals surface area contributed by atoms with Crippen LogP contribution in [0.15, 0.2) is 42.6 Å². The summed E-state index contributed by atoms with van der Waals surface area (Å²) in [5, 5.41) is 1.54. The van der Waals surface area contributed by atoms with Crippen molar-refractivity contribution in [1.29, 1.82) is 0 Å². The van der Waals surface area contributed by atoms with Gasteiger partial charge < -0.3 is 4.90 Å². The molecule has 0 saturated carbocycles. The molecule has 1 amide bonds. The van der Waals surface area contributed by atoms with E-state index in [9.17, 15) is 4.79 Å². The number of carbonyl (C=O) groups is 1. The predicted octanol–water partition coefficient (Wildman–Crippen LogP) is 4.36. The fraction of sp³-hybridized carbons (Fsp3) is 0.278. The molecular formula is C18H16ClN3OS. The van der Waals surface area contributed by atoms with E-state index in [1.807, 2.05) is 17.0 Å². The molecule has 4 rings (SSSR count). The average molecular weight is 358 g/mol. The minimum absolute atomic E-state index is 0.0297. The minimum atomic E-state index is 0.0297. The van der Waals surface area contributed by atoms with Crippen LogP contribution in [0.2, 0.25) is 5.15 Å². The average Bonchev–Trinajstić information content (AvgIpc) is 3.05. The maximum absolute atomic E-state index is 12.6. The van der Waals surface area contributed by atoms with Gasteiger partial charge in [0.15, 0.2) is 0 Å². The lowest BCUT2D eigenvalue weighted by Gasteiger charge is -2.31. The number of carbonyl (C=O) groups excluding carboxylic acids is 1. The van der Waals surface area contributed by atoms with E-state index in [4.69, 9.17) is 16.6 Å². The van der Waals surface area contributed by atoms with Crippen molar-refractivity contribution in [3.63, 3.8) is 0 Å². The van der Waals surface area contributed by atoms with Crippen LogP contribution in [-0.4, -0.2) is 33.9 Å². The number of halogens is 1. The summed E-state index contributed by atoms with van der Waals surface area (Å²) in [6.45, 7) is 1.50. The smallest absolute Gasteiger partial charge is 0.254 e. The zero-order chi connectivity index (χ0) is 16.5. The molecule has 0 atom stereocenters. The summed E-state index contributed by atoms with van der Waals surface area (Å²) >= 11 is 7.65. The Hall–Kier alpha value is -1.98. The molecule has 0 aliphatic carbocycles. The number of aromatic nitrogens is 2. The van der Waals surface area contributed by atoms with Gasteiger partial charge in [0.1, 0.15) is 5.15 Å². The molecule has 3 heterocycles. The summed E-state index contributed by atoms with van der Waals surface area (Å²) in [5.74, 6) is 0.467. The van der Waals surface area contributed by atoms with Crippen LogP contribution in [-0.2, 0) is 0 Å². The van der Waals surface area contributed by atoms with Crippen molar-refractivity contribution in [2.75, 3.05) is 13.1 Å². The Bertz CT molecular complexity index is 854. The number of fused-ring (bicyclic) bond motifs is 1. The maximum atomic E-state index is 12.6. The monoisotopic (exact) mass is 357 g/mol. The summed E-state index contributed by atoms with van der Waals surface area (Å²) < 4.78 is 1.23. The van der Waals surface area contributed by atoms with Crippen molar-refractivity contribution in [3.05, 3.63) is 58.3 Å². The molecule has 6 heteroatoms. The summed E-state index contributed by atoms with van der Waals surface area (Å²) in [4.78, 5) is 23.2. The number of likely N-dealkylation sites (tertiary alicyclic amines) is 1. The molecule has 4 nitrogen and oxygen atoms in total. The summed E-state index contributed by atoms with van der Waals surface area (Å²) in [7, 11) is 0. The Balaban J connectivity index is 1.45. The topological polar surface area (TPSA) is 46.1 Å². The molecule has 0 bridgehead atoms. The quantitative estimate of drug-likeness (QED) is 0.640. The molecule has 3 aromatic rings. The van der Waals surface area contributed by atoms with Crippen molar-refractivity contribution in [3.8, 4) is 0 Å². The highest BCUT2D eigenvalue weighted by atomic mass is 35.5. The molecule has 2 aromatic heterocycles. The predicted molar refractivity (Wildman–Crippen MR) is 96.7 cm³/mol. The Morgan fingerprint density at radius 1 is 1.21 bits per heavy atom. The molecule has 24 heavy (non-hydrogen) atoms. The van der Waals surface area contributed by atoms with E-state index in [-0.39, 0.29) is 5.91 Å². The van der Waals surface area contributed by atoms with Gasteiger partial charge in [0.05, 0.1) is 15.2 Å². The van der Waals surface area contributed by atoms with Gasteiger partial charge in [0.2, 0.25) is 0 Å². The number of amides is 1. The molecule has 0 unspecified atom stereocenters. The van der Waals surface area contributed by atoms with Gasteiger partial charge in [-0.25, -0.2) is 9.97 Å². The molecular weight excluding hydrogens is 342 g/mol. The second-order valence-electron chi connectivity index (χ2n) is 5.95. The van der Waals surface area contributed by atoms with Crippen LogP contribution >= 0.6 is 22.9 Å². The molecule has 1 aromatic carbocycles. The molecule has 1 fully saturated rings. The van der Waals surface area contributed by atoms with Crippen LogP contribution in [0, 0.1) is 0 Å². The van der Waals surface area contributed by atoms with E-state index in [1.165, 1.54) is 9.71 Å². The lowest BCUT2D eigenvalue weighted by molar-refractivity contribution is 0.0713. The third-order valence-electron chi connectivity index (χ3n) is 4.42. The maximum Gasteiger partial charge on any atom is 0.254 e. The first kappa shape index (κ1) is 15.5. The zero-order valence-corrected chi connectivity index (χ0v) is 14.6. The zero-order valence-electron chi connectivity index (χ0n) is 13.0. The third kappa shape index (κ3) is 3.01. The summed E-state index contributed by atoms with van der Waals surface area (Å²) in [5.41, 5.74) is 1.68. The third-order valence-corrected chi connectivity index (χ3v) is 5.82. The second-order valence-corrected chi connectivity index (χ2v) is 7.40. The van der Waals surface area contributed by atoms with Crippen LogP contribution < -0.4 is 0 Å². The van der Waals surface area contributed by atoms with Crippen molar-refractivity contribution in [1.82, 2.24) is 14.9 Å². The van der Waals surface area contributed by atoms with Gasteiger partial charge in [0.25, 0.3) is 5.91 Å². The van der Waals surface area contributed by atoms with Crippen molar-refractivity contribution < 1.29 is 4.79 Å². The first-order valence-electron chi connectivity index (χ1n) is 7.97. The van der Waals surface area contributed by atoms with Gasteiger partial charge in [-0.1, -0.05) is 23.7 Å². The first-order chi connectivity index (χ1) is 11.7. The van der Waals surface area contributed by atoms with Gasteiger partial charge in [-0.3, -0.25) is 4.79 Å². The van der Waals surface area contributed by atoms with E-state index in [1.54, 1.807) is 29.7 Å². The van der Waals surface area contributed by atoms with E-state index < -0.39 is 0 Å². The fourth-order valence-corrected chi connectivity index (χ4v) is 4.42. The van der Waals surface area contributed by atoms with Gasteiger partial charge in [-0.15, -0.1) is 11.3 Å². The molecule has 122 valence electrons. The number of pyridine rings is 1. The molecule has 1 saturated heterocycles. The number of thiazole rings is 1. The number of piperidine rings is 1. The standard InChI is InChI=1S/C18H16ClN3OS/c19-16-11-13(5-8-20-16)18(23)22-9-6-12(7-10-22)17-21-14-3-1-2-4-15(14)24-17/h1-5,8,11-12H,6-7,9-10H2. The lowest BCUT2D eigenvalue weighted by Crippen LogP contribution is -2.37. The fourth-order valence-electron chi connectivity index (χ4n) is 3.11. The van der Waals surface area contributed by atoms with Gasteiger partial charge in [-0.2, -0.15) is 0 Å². The van der Waals surface area contributed by atoms with Crippen molar-refractivity contribution in [2.45, 2.75) is 18.8 Å². The van der Waals surface area contributed by atoms with Crippen LogP contribution in [0.4, 0.5) is 0 Å². The molecule has 0 N–H and O–H groups in total. The summed E-state index contributed by atoms with van der Waals surface area (Å²) in [6, 6.07) is 11.6. The lowest BCUT2D eigenvalue weighted by atomic mass is 9.97. The van der Waals surface area contributed by atoms with E-state index >= 15 is 0 Å². The number of rotatable bonds is 2. The highest BCUT2D eigenvalue weighted by Gasteiger charge is 2.26. The number of hydrogen-bond donors (Lipinski definition) is 0. The second kappa shape index (κ2) is 6.49.